The number of pyridine rings is 1. The average molecular weight is 281 g/mol. The molecular formula is C16H19N5. The average Bonchev–Trinajstić information content (AvgIpc) is 2.89. The number of likely N-dealkylation sites (N-methyl/N-ethyl adjacent to an activating group) is 1. The predicted molar refractivity (Wildman–Crippen MR) is 84.9 cm³/mol. The number of piperazine rings is 1. The van der Waals surface area contributed by atoms with Gasteiger partial charge in [-0.15, -0.1) is 5.10 Å². The minimum Gasteiger partial charge on any atom is -0.352 e. The van der Waals surface area contributed by atoms with Gasteiger partial charge in [0.1, 0.15) is 0 Å². The van der Waals surface area contributed by atoms with Crippen LogP contribution in [0.4, 0.5) is 5.82 Å². The molecule has 1 saturated heterocycles. The molecule has 0 amide bonds. The van der Waals surface area contributed by atoms with Gasteiger partial charge in [-0.05, 0) is 32.2 Å². The highest BCUT2D eigenvalue weighted by Gasteiger charge is 2.20. The third-order valence-electron chi connectivity index (χ3n) is 4.36. The zero-order chi connectivity index (χ0) is 14.4. The Balaban J connectivity index is 1.92. The summed E-state index contributed by atoms with van der Waals surface area (Å²) in [5, 5.41) is 10.1. The van der Waals surface area contributed by atoms with Crippen LogP contribution in [0.2, 0.25) is 0 Å². The quantitative estimate of drug-likeness (QED) is 0.683. The van der Waals surface area contributed by atoms with Crippen LogP contribution in [0.15, 0.2) is 30.5 Å². The normalized spacial score (nSPS) is 17.0. The molecule has 3 aromatic rings. The second-order valence-electron chi connectivity index (χ2n) is 5.80. The summed E-state index contributed by atoms with van der Waals surface area (Å²) in [6, 6.07) is 8.49. The van der Waals surface area contributed by atoms with Crippen molar-refractivity contribution in [3.63, 3.8) is 0 Å². The van der Waals surface area contributed by atoms with Gasteiger partial charge in [-0.2, -0.15) is 5.10 Å². The Hall–Kier alpha value is -2.14. The van der Waals surface area contributed by atoms with Crippen molar-refractivity contribution in [1.29, 1.82) is 0 Å². The summed E-state index contributed by atoms with van der Waals surface area (Å²) in [7, 11) is 2.17. The van der Waals surface area contributed by atoms with Crippen LogP contribution in [0.1, 0.15) is 5.69 Å². The molecule has 1 fully saturated rings. The number of nitrogens with zero attached hydrogens (tertiary/aromatic N) is 5. The minimum absolute atomic E-state index is 0.981. The maximum atomic E-state index is 4.49. The molecule has 1 aliphatic heterocycles. The Bertz CT molecular complexity index is 799. The highest BCUT2D eigenvalue weighted by Crippen LogP contribution is 2.29. The highest BCUT2D eigenvalue weighted by molar-refractivity contribution is 5.96. The van der Waals surface area contributed by atoms with Crippen molar-refractivity contribution < 1.29 is 0 Å². The second-order valence-corrected chi connectivity index (χ2v) is 5.80. The zero-order valence-corrected chi connectivity index (χ0v) is 12.5. The highest BCUT2D eigenvalue weighted by atomic mass is 15.3. The smallest absolute Gasteiger partial charge is 0.160 e. The topological polar surface area (TPSA) is 36.7 Å². The number of fused-ring (bicyclic) bond motifs is 3. The molecule has 0 spiro atoms. The standard InChI is InChI=1S/C16H19N5/c1-12-15-14(11-13-5-3-4-6-21(13)15)16(18-17-12)20-9-7-19(2)8-10-20/h3-6,11H,7-10H2,1-2H3. The zero-order valence-electron chi connectivity index (χ0n) is 12.5. The van der Waals surface area contributed by atoms with Crippen LogP contribution in [-0.4, -0.2) is 52.7 Å². The van der Waals surface area contributed by atoms with E-state index in [0.717, 1.165) is 37.7 Å². The third-order valence-corrected chi connectivity index (χ3v) is 4.36. The molecule has 0 N–H and O–H groups in total. The SMILES string of the molecule is Cc1nnc(N2CCN(C)CC2)c2cc3ccccn3c12. The van der Waals surface area contributed by atoms with Gasteiger partial charge in [0.25, 0.3) is 0 Å². The van der Waals surface area contributed by atoms with Gasteiger partial charge in [0.15, 0.2) is 5.82 Å². The molecule has 0 bridgehead atoms. The monoisotopic (exact) mass is 281 g/mol. The molecule has 0 aromatic carbocycles. The fraction of sp³-hybridized carbons (Fsp3) is 0.375. The van der Waals surface area contributed by atoms with Crippen molar-refractivity contribution >= 4 is 22.2 Å². The van der Waals surface area contributed by atoms with E-state index in [0.29, 0.717) is 0 Å². The van der Waals surface area contributed by atoms with Gasteiger partial charge < -0.3 is 14.2 Å². The van der Waals surface area contributed by atoms with E-state index in [9.17, 15) is 0 Å². The summed E-state index contributed by atoms with van der Waals surface area (Å²) >= 11 is 0. The second kappa shape index (κ2) is 4.70. The number of hydrogen-bond acceptors (Lipinski definition) is 4. The lowest BCUT2D eigenvalue weighted by molar-refractivity contribution is 0.312. The molecule has 0 saturated carbocycles. The Kier molecular flexibility index (Phi) is 2.82. The summed E-state index contributed by atoms with van der Waals surface area (Å²) < 4.78 is 2.21. The Morgan fingerprint density at radius 1 is 1.05 bits per heavy atom. The largest absolute Gasteiger partial charge is 0.352 e. The minimum atomic E-state index is 0.981. The van der Waals surface area contributed by atoms with Gasteiger partial charge in [-0.1, -0.05) is 6.07 Å². The molecule has 0 aliphatic carbocycles. The van der Waals surface area contributed by atoms with E-state index in [2.05, 4.69) is 61.9 Å². The lowest BCUT2D eigenvalue weighted by Crippen LogP contribution is -2.45. The van der Waals surface area contributed by atoms with Gasteiger partial charge in [0.2, 0.25) is 0 Å². The van der Waals surface area contributed by atoms with Crippen molar-refractivity contribution in [3.8, 4) is 0 Å². The first-order chi connectivity index (χ1) is 10.2. The molecule has 108 valence electrons. The predicted octanol–water partition coefficient (Wildman–Crippen LogP) is 1.94. The van der Waals surface area contributed by atoms with Crippen molar-refractivity contribution in [2.24, 2.45) is 0 Å². The van der Waals surface area contributed by atoms with E-state index in [1.165, 1.54) is 16.4 Å². The summed E-state index contributed by atoms with van der Waals surface area (Å²) in [6.45, 7) is 6.20. The van der Waals surface area contributed by atoms with Crippen LogP contribution in [0.25, 0.3) is 16.4 Å². The number of rotatable bonds is 1. The molecule has 21 heavy (non-hydrogen) atoms. The van der Waals surface area contributed by atoms with Gasteiger partial charge in [0.05, 0.1) is 11.2 Å². The Morgan fingerprint density at radius 3 is 2.67 bits per heavy atom. The van der Waals surface area contributed by atoms with E-state index in [1.807, 2.05) is 6.92 Å². The van der Waals surface area contributed by atoms with Crippen LogP contribution in [0.3, 0.4) is 0 Å². The first kappa shape index (κ1) is 12.6. The number of hydrogen-bond donors (Lipinski definition) is 0. The van der Waals surface area contributed by atoms with E-state index < -0.39 is 0 Å². The van der Waals surface area contributed by atoms with Crippen molar-refractivity contribution in [2.45, 2.75) is 6.92 Å². The molecular weight excluding hydrogens is 262 g/mol. The summed E-state index contributed by atoms with van der Waals surface area (Å²) in [5.41, 5.74) is 3.35. The van der Waals surface area contributed by atoms with Crippen molar-refractivity contribution in [2.75, 3.05) is 38.1 Å². The molecule has 0 radical (unpaired) electrons. The van der Waals surface area contributed by atoms with E-state index in [4.69, 9.17) is 0 Å². The van der Waals surface area contributed by atoms with Gasteiger partial charge >= 0.3 is 0 Å². The first-order valence-electron chi connectivity index (χ1n) is 7.40. The lowest BCUT2D eigenvalue weighted by Gasteiger charge is -2.33. The lowest BCUT2D eigenvalue weighted by atomic mass is 10.2. The molecule has 3 aromatic heterocycles. The molecule has 5 nitrogen and oxygen atoms in total. The van der Waals surface area contributed by atoms with Crippen LogP contribution in [0, 0.1) is 6.92 Å². The van der Waals surface area contributed by atoms with Crippen LogP contribution < -0.4 is 4.90 Å². The van der Waals surface area contributed by atoms with Crippen molar-refractivity contribution in [3.05, 3.63) is 36.2 Å². The molecule has 0 unspecified atom stereocenters. The van der Waals surface area contributed by atoms with E-state index >= 15 is 0 Å². The van der Waals surface area contributed by atoms with Gasteiger partial charge in [0, 0.05) is 43.3 Å². The number of aryl methyl sites for hydroxylation is 1. The van der Waals surface area contributed by atoms with Crippen LogP contribution in [0.5, 0.6) is 0 Å². The van der Waals surface area contributed by atoms with Crippen LogP contribution in [-0.2, 0) is 0 Å². The summed E-state index contributed by atoms with van der Waals surface area (Å²) in [6.07, 6.45) is 2.10. The van der Waals surface area contributed by atoms with Crippen molar-refractivity contribution in [1.82, 2.24) is 19.5 Å². The molecule has 4 heterocycles. The summed E-state index contributed by atoms with van der Waals surface area (Å²) in [4.78, 5) is 4.71. The fourth-order valence-corrected chi connectivity index (χ4v) is 3.14. The maximum absolute atomic E-state index is 4.49. The molecule has 5 heteroatoms. The maximum Gasteiger partial charge on any atom is 0.160 e. The number of anilines is 1. The van der Waals surface area contributed by atoms with Gasteiger partial charge in [-0.25, -0.2) is 0 Å². The Morgan fingerprint density at radius 2 is 1.86 bits per heavy atom. The number of aromatic nitrogens is 3. The third kappa shape index (κ3) is 1.96. The molecule has 1 aliphatic rings. The molecule has 0 atom stereocenters. The van der Waals surface area contributed by atoms with Crippen LogP contribution >= 0.6 is 0 Å². The first-order valence-corrected chi connectivity index (χ1v) is 7.40. The Labute approximate surface area is 123 Å². The fourth-order valence-electron chi connectivity index (χ4n) is 3.14. The molecule has 4 rings (SSSR count). The van der Waals surface area contributed by atoms with E-state index in [-0.39, 0.29) is 0 Å². The van der Waals surface area contributed by atoms with Gasteiger partial charge in [-0.3, -0.25) is 0 Å². The summed E-state index contributed by atoms with van der Waals surface area (Å²) in [5.74, 6) is 1.02. The van der Waals surface area contributed by atoms with E-state index in [1.54, 1.807) is 0 Å².